The van der Waals surface area contributed by atoms with E-state index < -0.39 is 0 Å². The summed E-state index contributed by atoms with van der Waals surface area (Å²) < 4.78 is 12.2. The summed E-state index contributed by atoms with van der Waals surface area (Å²) in [5.74, 6) is 3.03. The molecule has 3 heterocycles. The number of piperazine rings is 1. The van der Waals surface area contributed by atoms with Gasteiger partial charge in [-0.1, -0.05) is 12.1 Å². The molecule has 0 amide bonds. The molecule has 0 atom stereocenters. The van der Waals surface area contributed by atoms with Gasteiger partial charge in [-0.05, 0) is 50.6 Å². The third-order valence-electron chi connectivity index (χ3n) is 5.19. The summed E-state index contributed by atoms with van der Waals surface area (Å²) in [7, 11) is 2.17. The van der Waals surface area contributed by atoms with Crippen LogP contribution in [0.5, 0.6) is 17.4 Å². The third-order valence-corrected chi connectivity index (χ3v) is 5.19. The van der Waals surface area contributed by atoms with E-state index in [9.17, 15) is 0 Å². The average Bonchev–Trinajstić information content (AvgIpc) is 2.74. The van der Waals surface area contributed by atoms with Gasteiger partial charge in [-0.15, -0.1) is 0 Å². The average molecular weight is 380 g/mol. The highest BCUT2D eigenvalue weighted by atomic mass is 16.5. The van der Waals surface area contributed by atoms with Crippen molar-refractivity contribution in [2.45, 2.75) is 19.3 Å². The summed E-state index contributed by atoms with van der Waals surface area (Å²) in [6.45, 7) is 5.48. The van der Waals surface area contributed by atoms with Gasteiger partial charge in [-0.3, -0.25) is 4.99 Å². The van der Waals surface area contributed by atoms with Crippen molar-refractivity contribution < 1.29 is 9.47 Å². The molecule has 2 aliphatic heterocycles. The molecule has 1 aromatic carbocycles. The normalized spacial score (nSPS) is 18.9. The first-order chi connectivity index (χ1) is 13.8. The van der Waals surface area contributed by atoms with Crippen LogP contribution in [0, 0.1) is 0 Å². The Labute approximate surface area is 166 Å². The molecule has 0 aliphatic carbocycles. The van der Waals surface area contributed by atoms with Crippen LogP contribution in [0.15, 0.2) is 47.6 Å². The zero-order valence-corrected chi connectivity index (χ0v) is 16.5. The van der Waals surface area contributed by atoms with Crippen molar-refractivity contribution in [1.82, 2.24) is 14.8 Å². The van der Waals surface area contributed by atoms with Gasteiger partial charge in [-0.25, -0.2) is 4.98 Å². The first-order valence-electron chi connectivity index (χ1n) is 10.1. The number of ether oxygens (including phenoxy) is 2. The summed E-state index contributed by atoms with van der Waals surface area (Å²) in [4.78, 5) is 14.2. The second kappa shape index (κ2) is 9.06. The summed E-state index contributed by atoms with van der Waals surface area (Å²) in [6, 6.07) is 11.8. The molecule has 0 N–H and O–H groups in total. The predicted molar refractivity (Wildman–Crippen MR) is 111 cm³/mol. The lowest BCUT2D eigenvalue weighted by Gasteiger charge is -2.35. The van der Waals surface area contributed by atoms with Crippen LogP contribution in [0.4, 0.5) is 0 Å². The van der Waals surface area contributed by atoms with Crippen LogP contribution in [-0.2, 0) is 0 Å². The van der Waals surface area contributed by atoms with Crippen LogP contribution in [0.1, 0.15) is 24.8 Å². The lowest BCUT2D eigenvalue weighted by Crippen LogP contribution is -2.47. The molecule has 1 fully saturated rings. The topological polar surface area (TPSA) is 50.2 Å². The summed E-state index contributed by atoms with van der Waals surface area (Å²) >= 11 is 0. The highest BCUT2D eigenvalue weighted by molar-refractivity contribution is 6.00. The molecule has 0 radical (unpaired) electrons. The van der Waals surface area contributed by atoms with Crippen molar-refractivity contribution in [3.8, 4) is 17.4 Å². The van der Waals surface area contributed by atoms with E-state index in [1.54, 1.807) is 6.20 Å². The van der Waals surface area contributed by atoms with Gasteiger partial charge >= 0.3 is 0 Å². The number of hydrogen-bond donors (Lipinski definition) is 0. The number of aliphatic imine (C=N–C) groups is 1. The lowest BCUT2D eigenvalue weighted by atomic mass is 10.2. The Balaban J connectivity index is 1.71. The summed E-state index contributed by atoms with van der Waals surface area (Å²) in [5, 5.41) is 0. The maximum absolute atomic E-state index is 6.24. The van der Waals surface area contributed by atoms with E-state index in [0.29, 0.717) is 18.2 Å². The quantitative estimate of drug-likeness (QED) is 0.701. The van der Waals surface area contributed by atoms with Gasteiger partial charge < -0.3 is 19.3 Å². The number of benzene rings is 1. The van der Waals surface area contributed by atoms with Gasteiger partial charge in [0.15, 0.2) is 11.5 Å². The molecule has 148 valence electrons. The first kappa shape index (κ1) is 18.7. The summed E-state index contributed by atoms with van der Waals surface area (Å²) in [6.07, 6.45) is 4.93. The molecule has 1 saturated heterocycles. The lowest BCUT2D eigenvalue weighted by molar-refractivity contribution is 0.215. The van der Waals surface area contributed by atoms with Crippen molar-refractivity contribution in [3.63, 3.8) is 0 Å². The van der Waals surface area contributed by atoms with E-state index in [4.69, 9.17) is 14.5 Å². The van der Waals surface area contributed by atoms with Crippen LogP contribution in [0.3, 0.4) is 0 Å². The molecule has 0 bridgehead atoms. The number of amidine groups is 1. The van der Waals surface area contributed by atoms with E-state index in [1.807, 2.05) is 30.3 Å². The fourth-order valence-corrected chi connectivity index (χ4v) is 3.53. The predicted octanol–water partition coefficient (Wildman–Crippen LogP) is 3.43. The molecular formula is C22H28N4O2. The van der Waals surface area contributed by atoms with Crippen molar-refractivity contribution >= 4 is 5.84 Å². The van der Waals surface area contributed by atoms with Crippen LogP contribution < -0.4 is 9.47 Å². The molecule has 2 aliphatic rings. The number of para-hydroxylation sites is 2. The molecule has 0 unspecified atom stereocenters. The number of nitrogens with zero attached hydrogens (tertiary/aromatic N) is 4. The number of hydrogen-bond acceptors (Lipinski definition) is 6. The largest absolute Gasteiger partial charge is 0.490 e. The Morgan fingerprint density at radius 3 is 2.57 bits per heavy atom. The van der Waals surface area contributed by atoms with Crippen molar-refractivity contribution in [1.29, 1.82) is 0 Å². The van der Waals surface area contributed by atoms with Gasteiger partial charge in [0.2, 0.25) is 5.88 Å². The third kappa shape index (κ3) is 4.44. The van der Waals surface area contributed by atoms with E-state index in [1.165, 1.54) is 0 Å². The number of rotatable bonds is 0. The van der Waals surface area contributed by atoms with E-state index in [-0.39, 0.29) is 0 Å². The maximum atomic E-state index is 6.24. The molecule has 6 nitrogen and oxygen atoms in total. The van der Waals surface area contributed by atoms with E-state index in [0.717, 1.165) is 69.1 Å². The van der Waals surface area contributed by atoms with E-state index in [2.05, 4.69) is 27.9 Å². The van der Waals surface area contributed by atoms with Crippen LogP contribution in [0.25, 0.3) is 0 Å². The van der Waals surface area contributed by atoms with Gasteiger partial charge in [0, 0.05) is 38.9 Å². The second-order valence-corrected chi connectivity index (χ2v) is 7.31. The zero-order valence-electron chi connectivity index (χ0n) is 16.5. The Kier molecular flexibility index (Phi) is 6.07. The fraction of sp³-hybridized carbons (Fsp3) is 0.455. The molecular weight excluding hydrogens is 352 g/mol. The Hall–Kier alpha value is -2.60. The van der Waals surface area contributed by atoms with Crippen molar-refractivity contribution in [2.75, 3.05) is 46.4 Å². The second-order valence-electron chi connectivity index (χ2n) is 7.31. The Morgan fingerprint density at radius 2 is 1.71 bits per heavy atom. The SMILES string of the molecule is CN1CCN(C2=NCCCCCOc3ccccc3Oc3ncccc32)CC1. The maximum Gasteiger partial charge on any atom is 0.230 e. The number of likely N-dealkylation sites (N-methyl/N-ethyl adjacent to an activating group) is 1. The van der Waals surface area contributed by atoms with E-state index >= 15 is 0 Å². The van der Waals surface area contributed by atoms with Crippen molar-refractivity contribution in [3.05, 3.63) is 48.2 Å². The van der Waals surface area contributed by atoms with Crippen molar-refractivity contribution in [2.24, 2.45) is 4.99 Å². The molecule has 1 aromatic heterocycles. The smallest absolute Gasteiger partial charge is 0.230 e. The highest BCUT2D eigenvalue weighted by Crippen LogP contribution is 2.32. The minimum atomic E-state index is 0.579. The number of pyridine rings is 1. The van der Waals surface area contributed by atoms with Gasteiger partial charge in [-0.2, -0.15) is 0 Å². The van der Waals surface area contributed by atoms with Gasteiger partial charge in [0.05, 0.1) is 12.2 Å². The monoisotopic (exact) mass is 380 g/mol. The molecule has 6 heteroatoms. The van der Waals surface area contributed by atoms with Crippen LogP contribution in [0.2, 0.25) is 0 Å². The van der Waals surface area contributed by atoms with Gasteiger partial charge in [0.25, 0.3) is 0 Å². The highest BCUT2D eigenvalue weighted by Gasteiger charge is 2.23. The minimum Gasteiger partial charge on any atom is -0.490 e. The molecule has 4 rings (SSSR count). The molecule has 0 saturated carbocycles. The zero-order chi connectivity index (χ0) is 19.2. The summed E-state index contributed by atoms with van der Waals surface area (Å²) in [5.41, 5.74) is 0.945. The van der Waals surface area contributed by atoms with Crippen LogP contribution >= 0.6 is 0 Å². The molecule has 2 aromatic rings. The first-order valence-corrected chi connectivity index (χ1v) is 10.1. The number of fused-ring (bicyclic) bond motifs is 2. The fourth-order valence-electron chi connectivity index (χ4n) is 3.53. The molecule has 28 heavy (non-hydrogen) atoms. The number of aromatic nitrogens is 1. The van der Waals surface area contributed by atoms with Crippen LogP contribution in [-0.4, -0.2) is 67.0 Å². The Morgan fingerprint density at radius 1 is 0.893 bits per heavy atom. The Bertz CT molecular complexity index is 816. The molecule has 0 spiro atoms. The minimum absolute atomic E-state index is 0.579. The standard InChI is InChI=1S/C22H28N4O2/c1-25-13-15-26(16-14-25)21-18-8-7-12-24-22(18)28-20-10-4-3-9-19(20)27-17-6-2-5-11-23-21/h3-4,7-10,12H,2,5-6,11,13-17H2,1H3. The van der Waals surface area contributed by atoms with Gasteiger partial charge in [0.1, 0.15) is 5.84 Å².